The minimum absolute atomic E-state index is 0.346. The number of halogens is 1. The van der Waals surface area contributed by atoms with Gasteiger partial charge in [0.05, 0.1) is 5.69 Å². The van der Waals surface area contributed by atoms with Crippen LogP contribution in [0.3, 0.4) is 0 Å². The SMILES string of the molecule is O=C(N=Nc1ccccc1)c1ccc(Br)cc1. The van der Waals surface area contributed by atoms with Crippen molar-refractivity contribution in [2.45, 2.75) is 0 Å². The Balaban J connectivity index is 2.12. The molecular formula is C13H9BrN2O. The standard InChI is InChI=1S/C13H9BrN2O/c14-11-8-6-10(7-9-11)13(17)16-15-12-4-2-1-3-5-12/h1-9H. The van der Waals surface area contributed by atoms with Crippen LogP contribution < -0.4 is 0 Å². The van der Waals surface area contributed by atoms with Gasteiger partial charge in [-0.2, -0.15) is 0 Å². The third kappa shape index (κ3) is 3.32. The molecule has 0 aliphatic carbocycles. The number of hydrogen-bond donors (Lipinski definition) is 0. The fourth-order valence-corrected chi connectivity index (χ4v) is 1.51. The molecule has 0 aliphatic heterocycles. The second-order valence-corrected chi connectivity index (χ2v) is 4.26. The van der Waals surface area contributed by atoms with Crippen molar-refractivity contribution in [3.63, 3.8) is 0 Å². The molecule has 0 radical (unpaired) electrons. The summed E-state index contributed by atoms with van der Waals surface area (Å²) in [5.41, 5.74) is 1.19. The summed E-state index contributed by atoms with van der Waals surface area (Å²) in [6.45, 7) is 0. The van der Waals surface area contributed by atoms with E-state index < -0.39 is 0 Å². The molecule has 17 heavy (non-hydrogen) atoms. The van der Waals surface area contributed by atoms with Crippen molar-refractivity contribution in [2.24, 2.45) is 10.2 Å². The highest BCUT2D eigenvalue weighted by atomic mass is 79.9. The van der Waals surface area contributed by atoms with Crippen LogP contribution in [0, 0.1) is 0 Å². The first-order valence-electron chi connectivity index (χ1n) is 5.02. The molecule has 0 spiro atoms. The van der Waals surface area contributed by atoms with E-state index in [1.54, 1.807) is 36.4 Å². The van der Waals surface area contributed by atoms with Crippen LogP contribution in [-0.2, 0) is 0 Å². The lowest BCUT2D eigenvalue weighted by Crippen LogP contribution is -1.92. The van der Waals surface area contributed by atoms with Crippen LogP contribution in [0.25, 0.3) is 0 Å². The van der Waals surface area contributed by atoms with Gasteiger partial charge in [0.2, 0.25) is 0 Å². The first-order valence-corrected chi connectivity index (χ1v) is 5.82. The Hall–Kier alpha value is -1.81. The lowest BCUT2D eigenvalue weighted by Gasteiger charge is -1.94. The number of hydrogen-bond acceptors (Lipinski definition) is 2. The minimum Gasteiger partial charge on any atom is -0.265 e. The third-order valence-corrected chi connectivity index (χ3v) is 2.63. The molecule has 0 bridgehead atoms. The van der Waals surface area contributed by atoms with E-state index in [1.807, 2.05) is 18.2 Å². The van der Waals surface area contributed by atoms with Crippen molar-refractivity contribution >= 4 is 27.5 Å². The van der Waals surface area contributed by atoms with Crippen LogP contribution in [-0.4, -0.2) is 5.91 Å². The topological polar surface area (TPSA) is 41.8 Å². The quantitative estimate of drug-likeness (QED) is 0.757. The molecule has 0 aliphatic rings. The molecule has 4 heteroatoms. The van der Waals surface area contributed by atoms with E-state index in [-0.39, 0.29) is 5.91 Å². The van der Waals surface area contributed by atoms with Crippen molar-refractivity contribution in [3.05, 3.63) is 64.6 Å². The van der Waals surface area contributed by atoms with Crippen molar-refractivity contribution in [1.82, 2.24) is 0 Å². The Labute approximate surface area is 107 Å². The summed E-state index contributed by atoms with van der Waals surface area (Å²) in [5, 5.41) is 7.53. The van der Waals surface area contributed by atoms with Gasteiger partial charge in [-0.05, 0) is 36.4 Å². The smallest absolute Gasteiger partial charge is 0.265 e. The van der Waals surface area contributed by atoms with E-state index >= 15 is 0 Å². The molecule has 0 fully saturated rings. The Morgan fingerprint density at radius 3 is 2.24 bits per heavy atom. The largest absolute Gasteiger partial charge is 0.295 e. The summed E-state index contributed by atoms with van der Waals surface area (Å²) in [7, 11) is 0. The zero-order valence-corrected chi connectivity index (χ0v) is 10.5. The summed E-state index contributed by atoms with van der Waals surface area (Å²) in [4.78, 5) is 11.7. The number of amides is 1. The van der Waals surface area contributed by atoms with Crippen LogP contribution >= 0.6 is 15.9 Å². The van der Waals surface area contributed by atoms with E-state index in [9.17, 15) is 4.79 Å². The summed E-state index contributed by atoms with van der Waals surface area (Å²) >= 11 is 3.30. The number of carbonyl (C=O) groups excluding carboxylic acids is 1. The molecule has 84 valence electrons. The lowest BCUT2D eigenvalue weighted by atomic mass is 10.2. The summed E-state index contributed by atoms with van der Waals surface area (Å²) in [6.07, 6.45) is 0. The molecule has 0 aromatic heterocycles. The van der Waals surface area contributed by atoms with Gasteiger partial charge >= 0.3 is 0 Å². The molecule has 0 N–H and O–H groups in total. The Bertz CT molecular complexity index is 535. The predicted molar refractivity (Wildman–Crippen MR) is 69.4 cm³/mol. The molecule has 0 saturated heterocycles. The molecule has 3 nitrogen and oxygen atoms in total. The molecule has 2 aromatic rings. The highest BCUT2D eigenvalue weighted by Crippen LogP contribution is 2.14. The van der Waals surface area contributed by atoms with Gasteiger partial charge in [-0.15, -0.1) is 10.2 Å². The van der Waals surface area contributed by atoms with E-state index in [4.69, 9.17) is 0 Å². The first-order chi connectivity index (χ1) is 8.25. The molecule has 2 aromatic carbocycles. The van der Waals surface area contributed by atoms with Crippen molar-refractivity contribution < 1.29 is 4.79 Å². The Morgan fingerprint density at radius 2 is 1.59 bits per heavy atom. The molecule has 0 saturated carbocycles. The summed E-state index contributed by atoms with van der Waals surface area (Å²) in [5.74, 6) is -0.346. The molecule has 2 rings (SSSR count). The third-order valence-electron chi connectivity index (χ3n) is 2.10. The summed E-state index contributed by atoms with van der Waals surface area (Å²) < 4.78 is 0.925. The monoisotopic (exact) mass is 288 g/mol. The molecular weight excluding hydrogens is 280 g/mol. The van der Waals surface area contributed by atoms with Crippen LogP contribution in [0.4, 0.5) is 5.69 Å². The highest BCUT2D eigenvalue weighted by molar-refractivity contribution is 9.10. The van der Waals surface area contributed by atoms with Crippen molar-refractivity contribution in [3.8, 4) is 0 Å². The van der Waals surface area contributed by atoms with Crippen LogP contribution in [0.2, 0.25) is 0 Å². The zero-order chi connectivity index (χ0) is 12.1. The van der Waals surface area contributed by atoms with Crippen LogP contribution in [0.5, 0.6) is 0 Å². The maximum Gasteiger partial charge on any atom is 0.295 e. The van der Waals surface area contributed by atoms with Crippen molar-refractivity contribution in [1.29, 1.82) is 0 Å². The van der Waals surface area contributed by atoms with E-state index in [0.717, 1.165) is 4.47 Å². The zero-order valence-electron chi connectivity index (χ0n) is 8.88. The van der Waals surface area contributed by atoms with Crippen LogP contribution in [0.15, 0.2) is 69.3 Å². The molecule has 0 heterocycles. The van der Waals surface area contributed by atoms with Gasteiger partial charge in [0, 0.05) is 10.0 Å². The lowest BCUT2D eigenvalue weighted by molar-refractivity contribution is 0.0995. The number of rotatable bonds is 2. The average Bonchev–Trinajstić information content (AvgIpc) is 2.38. The predicted octanol–water partition coefficient (Wildman–Crippen LogP) is 4.37. The van der Waals surface area contributed by atoms with Crippen molar-refractivity contribution in [2.75, 3.05) is 0 Å². The number of azo groups is 1. The molecule has 0 unspecified atom stereocenters. The highest BCUT2D eigenvalue weighted by Gasteiger charge is 2.02. The normalized spacial score (nSPS) is 10.6. The van der Waals surface area contributed by atoms with Gasteiger partial charge in [-0.3, -0.25) is 4.79 Å². The minimum atomic E-state index is -0.346. The Morgan fingerprint density at radius 1 is 0.941 bits per heavy atom. The van der Waals surface area contributed by atoms with Gasteiger partial charge < -0.3 is 0 Å². The average molecular weight is 289 g/mol. The maximum absolute atomic E-state index is 11.7. The summed E-state index contributed by atoms with van der Waals surface area (Å²) in [6, 6.07) is 16.2. The van der Waals surface area contributed by atoms with Gasteiger partial charge in [-0.1, -0.05) is 34.1 Å². The van der Waals surface area contributed by atoms with E-state index in [0.29, 0.717) is 11.3 Å². The van der Waals surface area contributed by atoms with Gasteiger partial charge in [0.15, 0.2) is 0 Å². The van der Waals surface area contributed by atoms with Gasteiger partial charge in [0.25, 0.3) is 5.91 Å². The number of benzene rings is 2. The van der Waals surface area contributed by atoms with Gasteiger partial charge in [0.1, 0.15) is 0 Å². The number of nitrogens with zero attached hydrogens (tertiary/aromatic N) is 2. The molecule has 1 amide bonds. The fourth-order valence-electron chi connectivity index (χ4n) is 1.25. The maximum atomic E-state index is 11.7. The second kappa shape index (κ2) is 5.50. The first kappa shape index (κ1) is 11.7. The second-order valence-electron chi connectivity index (χ2n) is 3.35. The van der Waals surface area contributed by atoms with E-state index in [2.05, 4.69) is 26.2 Å². The van der Waals surface area contributed by atoms with E-state index in [1.165, 1.54) is 0 Å². The fraction of sp³-hybridized carbons (Fsp3) is 0. The molecule has 0 atom stereocenters. The number of carbonyl (C=O) groups is 1. The van der Waals surface area contributed by atoms with Crippen LogP contribution in [0.1, 0.15) is 10.4 Å². The van der Waals surface area contributed by atoms with Gasteiger partial charge in [-0.25, -0.2) is 0 Å². The Kier molecular flexibility index (Phi) is 3.77.